The van der Waals surface area contributed by atoms with Crippen LogP contribution in [0.2, 0.25) is 0 Å². The van der Waals surface area contributed by atoms with Gasteiger partial charge < -0.3 is 10.3 Å². The Morgan fingerprint density at radius 3 is 2.60 bits per heavy atom. The largest absolute Gasteiger partial charge is 0.455 e. The predicted octanol–water partition coefficient (Wildman–Crippen LogP) is 2.40. The van der Waals surface area contributed by atoms with E-state index in [1.807, 2.05) is 0 Å². The summed E-state index contributed by atoms with van der Waals surface area (Å²) in [5.74, 6) is -1.51. The van der Waals surface area contributed by atoms with Gasteiger partial charge in [-0.1, -0.05) is 5.16 Å². The number of halogens is 3. The van der Waals surface area contributed by atoms with Gasteiger partial charge >= 0.3 is 6.18 Å². The second kappa shape index (κ2) is 3.23. The van der Waals surface area contributed by atoms with Crippen LogP contribution in [-0.4, -0.2) is 10.1 Å². The number of hydrogen-bond donors (Lipinski definition) is 1. The van der Waals surface area contributed by atoms with Gasteiger partial charge in [0.2, 0.25) is 0 Å². The third kappa shape index (κ3) is 1.80. The van der Waals surface area contributed by atoms with Crippen LogP contribution in [0.25, 0.3) is 10.8 Å². The smallest absolute Gasteiger partial charge is 0.397 e. The van der Waals surface area contributed by atoms with E-state index >= 15 is 0 Å². The molecule has 0 amide bonds. The van der Waals surface area contributed by atoms with E-state index in [0.29, 0.717) is 10.6 Å². The molecule has 0 aliphatic carbocycles. The summed E-state index contributed by atoms with van der Waals surface area (Å²) in [6.07, 6.45) is -4.60. The Morgan fingerprint density at radius 1 is 1.40 bits per heavy atom. The molecule has 0 fully saturated rings. The van der Waals surface area contributed by atoms with Crippen molar-refractivity contribution >= 4 is 17.0 Å². The molecule has 0 aliphatic rings. The van der Waals surface area contributed by atoms with Gasteiger partial charge in [-0.05, 0) is 11.4 Å². The zero-order valence-corrected chi connectivity index (χ0v) is 7.89. The molecule has 80 valence electrons. The highest BCUT2D eigenvalue weighted by atomic mass is 32.1. The lowest BCUT2D eigenvalue weighted by molar-refractivity contribution is -0.146. The minimum Gasteiger partial charge on any atom is -0.397 e. The second-order valence-electron chi connectivity index (χ2n) is 2.63. The van der Waals surface area contributed by atoms with E-state index in [0.717, 1.165) is 11.3 Å². The molecule has 0 aliphatic heterocycles. The molecule has 2 aromatic heterocycles. The number of hydrogen-bond acceptors (Lipinski definition) is 5. The van der Waals surface area contributed by atoms with E-state index in [2.05, 4.69) is 14.7 Å². The predicted molar refractivity (Wildman–Crippen MR) is 47.0 cm³/mol. The van der Waals surface area contributed by atoms with Crippen LogP contribution in [0, 0.1) is 0 Å². The van der Waals surface area contributed by atoms with Crippen molar-refractivity contribution in [2.45, 2.75) is 6.18 Å². The maximum Gasteiger partial charge on any atom is 0.455 e. The Bertz CT molecular complexity index is 476. The molecule has 0 aromatic carbocycles. The van der Waals surface area contributed by atoms with Crippen LogP contribution in [0.5, 0.6) is 0 Å². The Kier molecular flexibility index (Phi) is 2.14. The molecule has 0 atom stereocenters. The number of aromatic nitrogens is 2. The Labute approximate surface area is 85.5 Å². The quantitative estimate of drug-likeness (QED) is 0.824. The number of nitrogens with two attached hydrogens (primary N) is 1. The molecular formula is C7H4F3N3OS. The molecule has 4 nitrogen and oxygen atoms in total. The average molecular weight is 235 g/mol. The maximum atomic E-state index is 12.1. The van der Waals surface area contributed by atoms with E-state index in [1.54, 1.807) is 11.4 Å². The van der Waals surface area contributed by atoms with Gasteiger partial charge in [0, 0.05) is 0 Å². The first-order valence-electron chi connectivity index (χ1n) is 3.72. The highest BCUT2D eigenvalue weighted by Gasteiger charge is 2.37. The lowest BCUT2D eigenvalue weighted by Gasteiger charge is -1.96. The summed E-state index contributed by atoms with van der Waals surface area (Å²) in [5, 5.41) is 4.45. The lowest BCUT2D eigenvalue weighted by Crippen LogP contribution is -2.07. The van der Waals surface area contributed by atoms with Crippen molar-refractivity contribution in [3.8, 4) is 10.8 Å². The first-order valence-corrected chi connectivity index (χ1v) is 4.60. The molecule has 2 rings (SSSR count). The van der Waals surface area contributed by atoms with Crippen molar-refractivity contribution in [2.75, 3.05) is 5.73 Å². The summed E-state index contributed by atoms with van der Waals surface area (Å²) < 4.78 is 40.9. The molecule has 0 bridgehead atoms. The van der Waals surface area contributed by atoms with E-state index in [-0.39, 0.29) is 5.89 Å². The summed E-state index contributed by atoms with van der Waals surface area (Å²) in [6, 6.07) is 1.55. The number of rotatable bonds is 1. The van der Waals surface area contributed by atoms with Gasteiger partial charge in [0.1, 0.15) is 4.88 Å². The van der Waals surface area contributed by atoms with Crippen LogP contribution < -0.4 is 5.73 Å². The van der Waals surface area contributed by atoms with Crippen molar-refractivity contribution in [2.24, 2.45) is 0 Å². The monoisotopic (exact) mass is 235 g/mol. The molecule has 0 unspecified atom stereocenters. The first-order chi connectivity index (χ1) is 6.98. The molecule has 15 heavy (non-hydrogen) atoms. The Hall–Kier alpha value is -1.57. The molecule has 2 N–H and O–H groups in total. The van der Waals surface area contributed by atoms with E-state index in [1.165, 1.54) is 0 Å². The fraction of sp³-hybridized carbons (Fsp3) is 0.143. The SMILES string of the molecule is Nc1ccsc1-c1nc(C(F)(F)F)no1. The third-order valence-corrected chi connectivity index (χ3v) is 2.49. The van der Waals surface area contributed by atoms with Crippen molar-refractivity contribution < 1.29 is 17.7 Å². The molecule has 2 aromatic rings. The van der Waals surface area contributed by atoms with Gasteiger partial charge in [0.15, 0.2) is 0 Å². The van der Waals surface area contributed by atoms with Gasteiger partial charge in [0.05, 0.1) is 5.69 Å². The van der Waals surface area contributed by atoms with Crippen LogP contribution in [-0.2, 0) is 6.18 Å². The molecule has 0 radical (unpaired) electrons. The fourth-order valence-electron chi connectivity index (χ4n) is 0.924. The van der Waals surface area contributed by atoms with E-state index in [4.69, 9.17) is 5.73 Å². The summed E-state index contributed by atoms with van der Waals surface area (Å²) >= 11 is 1.14. The number of nitrogens with zero attached hydrogens (tertiary/aromatic N) is 2. The van der Waals surface area contributed by atoms with Gasteiger partial charge in [-0.3, -0.25) is 0 Å². The minimum atomic E-state index is -4.60. The van der Waals surface area contributed by atoms with Crippen molar-refractivity contribution in [1.82, 2.24) is 10.1 Å². The number of alkyl halides is 3. The molecule has 0 spiro atoms. The van der Waals surface area contributed by atoms with Crippen molar-refractivity contribution in [1.29, 1.82) is 0 Å². The third-order valence-electron chi connectivity index (χ3n) is 1.57. The molecular weight excluding hydrogens is 231 g/mol. The zero-order chi connectivity index (χ0) is 11.1. The topological polar surface area (TPSA) is 64.9 Å². The second-order valence-corrected chi connectivity index (χ2v) is 3.54. The Morgan fingerprint density at radius 2 is 2.13 bits per heavy atom. The minimum absolute atomic E-state index is 0.213. The normalized spacial score (nSPS) is 11.9. The van der Waals surface area contributed by atoms with Crippen molar-refractivity contribution in [3.63, 3.8) is 0 Å². The summed E-state index contributed by atoms with van der Waals surface area (Å²) in [6.45, 7) is 0. The Balaban J connectivity index is 2.41. The van der Waals surface area contributed by atoms with Gasteiger partial charge in [-0.15, -0.1) is 11.3 Å². The van der Waals surface area contributed by atoms with Crippen LogP contribution >= 0.6 is 11.3 Å². The van der Waals surface area contributed by atoms with Crippen molar-refractivity contribution in [3.05, 3.63) is 17.3 Å². The molecule has 2 heterocycles. The van der Waals surface area contributed by atoms with Crippen LogP contribution in [0.3, 0.4) is 0 Å². The van der Waals surface area contributed by atoms with E-state index < -0.39 is 12.0 Å². The van der Waals surface area contributed by atoms with E-state index in [9.17, 15) is 13.2 Å². The lowest BCUT2D eigenvalue weighted by atomic mass is 10.4. The average Bonchev–Trinajstić information content (AvgIpc) is 2.69. The van der Waals surface area contributed by atoms with Gasteiger partial charge in [-0.25, -0.2) is 0 Å². The van der Waals surface area contributed by atoms with Gasteiger partial charge in [0.25, 0.3) is 11.7 Å². The van der Waals surface area contributed by atoms with Crippen LogP contribution in [0.15, 0.2) is 16.0 Å². The first kappa shape index (κ1) is 9.97. The molecule has 0 saturated heterocycles. The maximum absolute atomic E-state index is 12.1. The highest BCUT2D eigenvalue weighted by molar-refractivity contribution is 7.14. The summed E-state index contributed by atoms with van der Waals surface area (Å²) in [4.78, 5) is 3.56. The summed E-state index contributed by atoms with van der Waals surface area (Å²) in [7, 11) is 0. The summed E-state index contributed by atoms with van der Waals surface area (Å²) in [5.41, 5.74) is 5.81. The fourth-order valence-corrected chi connectivity index (χ4v) is 1.66. The highest BCUT2D eigenvalue weighted by Crippen LogP contribution is 2.33. The number of anilines is 1. The number of thiophene rings is 1. The van der Waals surface area contributed by atoms with Gasteiger partial charge in [-0.2, -0.15) is 18.2 Å². The molecule has 0 saturated carbocycles. The number of nitrogen functional groups attached to an aromatic ring is 1. The van der Waals surface area contributed by atoms with Crippen LogP contribution in [0.4, 0.5) is 18.9 Å². The standard InChI is InChI=1S/C7H4F3N3OS/c8-7(9,10)6-12-5(14-13-6)4-3(11)1-2-15-4/h1-2H,11H2. The zero-order valence-electron chi connectivity index (χ0n) is 7.08. The van der Waals surface area contributed by atoms with Crippen LogP contribution in [0.1, 0.15) is 5.82 Å². The molecule has 8 heteroatoms.